The lowest BCUT2D eigenvalue weighted by atomic mass is 10.2. The lowest BCUT2D eigenvalue weighted by Crippen LogP contribution is -2.30. The van der Waals surface area contributed by atoms with Crippen LogP contribution in [0.15, 0.2) is 6.07 Å². The van der Waals surface area contributed by atoms with Crippen LogP contribution in [-0.4, -0.2) is 40.8 Å². The van der Waals surface area contributed by atoms with E-state index in [0.29, 0.717) is 18.5 Å². The van der Waals surface area contributed by atoms with E-state index in [1.807, 2.05) is 6.07 Å². The molecule has 0 bridgehead atoms. The third-order valence-electron chi connectivity index (χ3n) is 3.23. The van der Waals surface area contributed by atoms with E-state index in [1.54, 1.807) is 0 Å². The highest BCUT2D eigenvalue weighted by Crippen LogP contribution is 2.31. The molecule has 1 fully saturated rings. The van der Waals surface area contributed by atoms with Gasteiger partial charge in [-0.15, -0.1) is 0 Å². The topological polar surface area (TPSA) is 61.3 Å². The largest absolute Gasteiger partial charge is 0.395 e. The molecule has 1 aromatic heterocycles. The Labute approximate surface area is 115 Å². The van der Waals surface area contributed by atoms with E-state index in [1.165, 1.54) is 12.8 Å². The number of anilines is 2. The molecule has 0 atom stereocenters. The minimum atomic E-state index is 0.161. The summed E-state index contributed by atoms with van der Waals surface area (Å²) in [7, 11) is 0. The third-order valence-corrected chi connectivity index (χ3v) is 3.23. The Bertz CT molecular complexity index is 418. The Morgan fingerprint density at radius 1 is 1.42 bits per heavy atom. The first kappa shape index (κ1) is 14.1. The van der Waals surface area contributed by atoms with Crippen LogP contribution >= 0.6 is 0 Å². The zero-order valence-corrected chi connectivity index (χ0v) is 12.1. The smallest absolute Gasteiger partial charge is 0.135 e. The lowest BCUT2D eigenvalue weighted by Gasteiger charge is -2.24. The van der Waals surface area contributed by atoms with E-state index < -0.39 is 0 Å². The molecule has 2 rings (SSSR count). The number of nitrogens with zero attached hydrogens (tertiary/aromatic N) is 3. The third kappa shape index (κ3) is 3.56. The summed E-state index contributed by atoms with van der Waals surface area (Å²) in [6.07, 6.45) is 2.38. The van der Waals surface area contributed by atoms with Crippen molar-refractivity contribution in [3.05, 3.63) is 11.9 Å². The van der Waals surface area contributed by atoms with Crippen LogP contribution in [0.4, 0.5) is 11.6 Å². The predicted octanol–water partition coefficient (Wildman–Crippen LogP) is 1.99. The fourth-order valence-electron chi connectivity index (χ4n) is 2.11. The molecule has 19 heavy (non-hydrogen) atoms. The van der Waals surface area contributed by atoms with Crippen LogP contribution in [0.1, 0.15) is 45.4 Å². The zero-order chi connectivity index (χ0) is 13.8. The van der Waals surface area contributed by atoms with Crippen LogP contribution in [0.5, 0.6) is 0 Å². The highest BCUT2D eigenvalue weighted by molar-refractivity contribution is 5.51. The van der Waals surface area contributed by atoms with Crippen molar-refractivity contribution in [3.63, 3.8) is 0 Å². The van der Waals surface area contributed by atoms with Gasteiger partial charge in [0, 0.05) is 31.1 Å². The van der Waals surface area contributed by atoms with Crippen LogP contribution in [0.25, 0.3) is 0 Å². The van der Waals surface area contributed by atoms with Crippen molar-refractivity contribution in [2.24, 2.45) is 0 Å². The quantitative estimate of drug-likeness (QED) is 0.788. The molecule has 0 unspecified atom stereocenters. The van der Waals surface area contributed by atoms with Crippen LogP contribution < -0.4 is 10.2 Å². The summed E-state index contributed by atoms with van der Waals surface area (Å²) < 4.78 is 0. The molecule has 1 heterocycles. The Morgan fingerprint density at radius 2 is 2.16 bits per heavy atom. The normalized spacial score (nSPS) is 14.8. The maximum atomic E-state index is 9.23. The number of aromatic nitrogens is 2. The van der Waals surface area contributed by atoms with Gasteiger partial charge in [-0.05, 0) is 19.8 Å². The summed E-state index contributed by atoms with van der Waals surface area (Å²) in [4.78, 5) is 11.4. The van der Waals surface area contributed by atoms with Gasteiger partial charge in [0.2, 0.25) is 0 Å². The van der Waals surface area contributed by atoms with Gasteiger partial charge in [-0.1, -0.05) is 13.8 Å². The van der Waals surface area contributed by atoms with Gasteiger partial charge >= 0.3 is 0 Å². The fraction of sp³-hybridized carbons (Fsp3) is 0.714. The first-order valence-corrected chi connectivity index (χ1v) is 7.16. The van der Waals surface area contributed by atoms with Gasteiger partial charge in [0.25, 0.3) is 0 Å². The molecule has 0 aliphatic heterocycles. The van der Waals surface area contributed by atoms with E-state index in [2.05, 4.69) is 41.0 Å². The SMILES string of the molecule is CCNc1cc(N(CCO)C2CC2)nc(C(C)C)n1. The average Bonchev–Trinajstić information content (AvgIpc) is 3.20. The summed E-state index contributed by atoms with van der Waals surface area (Å²) in [5, 5.41) is 12.5. The summed E-state index contributed by atoms with van der Waals surface area (Å²) in [6.45, 7) is 7.91. The molecular weight excluding hydrogens is 240 g/mol. The fourth-order valence-corrected chi connectivity index (χ4v) is 2.11. The number of aliphatic hydroxyl groups is 1. The highest BCUT2D eigenvalue weighted by atomic mass is 16.3. The van der Waals surface area contributed by atoms with Gasteiger partial charge in [-0.3, -0.25) is 0 Å². The maximum absolute atomic E-state index is 9.23. The first-order chi connectivity index (χ1) is 9.15. The Balaban J connectivity index is 2.30. The number of rotatable bonds is 7. The number of hydrogen-bond acceptors (Lipinski definition) is 5. The van der Waals surface area contributed by atoms with Gasteiger partial charge in [-0.25, -0.2) is 9.97 Å². The molecule has 1 aliphatic rings. The second-order valence-electron chi connectivity index (χ2n) is 5.30. The van der Waals surface area contributed by atoms with Crippen molar-refractivity contribution in [3.8, 4) is 0 Å². The van der Waals surface area contributed by atoms with Crippen LogP contribution in [0.3, 0.4) is 0 Å². The lowest BCUT2D eigenvalue weighted by molar-refractivity contribution is 0.301. The second-order valence-corrected chi connectivity index (χ2v) is 5.30. The molecule has 106 valence electrons. The molecule has 5 heteroatoms. The Kier molecular flexibility index (Phi) is 4.58. The van der Waals surface area contributed by atoms with Crippen molar-refractivity contribution in [2.45, 2.75) is 45.6 Å². The molecule has 5 nitrogen and oxygen atoms in total. The van der Waals surface area contributed by atoms with E-state index in [9.17, 15) is 5.11 Å². The zero-order valence-electron chi connectivity index (χ0n) is 12.1. The standard InChI is InChI=1S/C14H24N4O/c1-4-15-12-9-13(17-14(16-12)10(2)3)18(7-8-19)11-5-6-11/h9-11,19H,4-8H2,1-3H3,(H,15,16,17). The molecule has 2 N–H and O–H groups in total. The van der Waals surface area contributed by atoms with Gasteiger partial charge < -0.3 is 15.3 Å². The van der Waals surface area contributed by atoms with Crippen LogP contribution in [0.2, 0.25) is 0 Å². The van der Waals surface area contributed by atoms with Crippen molar-refractivity contribution in [2.75, 3.05) is 29.9 Å². The molecule has 0 saturated heterocycles. The molecule has 0 radical (unpaired) electrons. The van der Waals surface area contributed by atoms with Gasteiger partial charge in [0.1, 0.15) is 17.5 Å². The minimum Gasteiger partial charge on any atom is -0.395 e. The molecular formula is C14H24N4O. The van der Waals surface area contributed by atoms with Gasteiger partial charge in [-0.2, -0.15) is 0 Å². The van der Waals surface area contributed by atoms with E-state index >= 15 is 0 Å². The number of hydrogen-bond donors (Lipinski definition) is 2. The second kappa shape index (κ2) is 6.19. The molecule has 1 saturated carbocycles. The summed E-state index contributed by atoms with van der Waals surface area (Å²) in [5.74, 6) is 2.97. The monoisotopic (exact) mass is 264 g/mol. The van der Waals surface area contributed by atoms with Crippen molar-refractivity contribution < 1.29 is 5.11 Å². The molecule has 1 aromatic rings. The Hall–Kier alpha value is -1.36. The summed E-state index contributed by atoms with van der Waals surface area (Å²) >= 11 is 0. The number of aliphatic hydroxyl groups excluding tert-OH is 1. The number of nitrogens with one attached hydrogen (secondary N) is 1. The maximum Gasteiger partial charge on any atom is 0.135 e. The van der Waals surface area contributed by atoms with Crippen molar-refractivity contribution in [1.29, 1.82) is 0 Å². The molecule has 0 amide bonds. The van der Waals surface area contributed by atoms with Gasteiger partial charge in [0.05, 0.1) is 6.61 Å². The van der Waals surface area contributed by atoms with Gasteiger partial charge in [0.15, 0.2) is 0 Å². The first-order valence-electron chi connectivity index (χ1n) is 7.16. The van der Waals surface area contributed by atoms with Crippen LogP contribution in [-0.2, 0) is 0 Å². The van der Waals surface area contributed by atoms with Crippen LogP contribution in [0, 0.1) is 0 Å². The molecule has 0 aromatic carbocycles. The van der Waals surface area contributed by atoms with E-state index in [0.717, 1.165) is 24.0 Å². The summed E-state index contributed by atoms with van der Waals surface area (Å²) in [5.41, 5.74) is 0. The Morgan fingerprint density at radius 3 is 2.68 bits per heavy atom. The van der Waals surface area contributed by atoms with E-state index in [4.69, 9.17) is 0 Å². The highest BCUT2D eigenvalue weighted by Gasteiger charge is 2.30. The molecule has 1 aliphatic carbocycles. The predicted molar refractivity (Wildman–Crippen MR) is 77.7 cm³/mol. The summed E-state index contributed by atoms with van der Waals surface area (Å²) in [6, 6.07) is 2.53. The van der Waals surface area contributed by atoms with E-state index in [-0.39, 0.29) is 6.61 Å². The van der Waals surface area contributed by atoms with Crippen molar-refractivity contribution in [1.82, 2.24) is 9.97 Å². The van der Waals surface area contributed by atoms with Crippen molar-refractivity contribution >= 4 is 11.6 Å². The molecule has 0 spiro atoms. The average molecular weight is 264 g/mol. The minimum absolute atomic E-state index is 0.161.